The number of nitrogens with zero attached hydrogens (tertiary/aromatic N) is 3. The van der Waals surface area contributed by atoms with E-state index in [1.807, 2.05) is 44.2 Å². The molecule has 1 saturated heterocycles. The van der Waals surface area contributed by atoms with E-state index in [0.29, 0.717) is 37.8 Å². The summed E-state index contributed by atoms with van der Waals surface area (Å²) in [6.45, 7) is 4.98. The zero-order valence-corrected chi connectivity index (χ0v) is 16.6. The Morgan fingerprint density at radius 1 is 1.17 bits per heavy atom. The molecule has 3 heterocycles. The lowest BCUT2D eigenvalue weighted by Gasteiger charge is -2.17. The van der Waals surface area contributed by atoms with Crippen LogP contribution >= 0.6 is 0 Å². The van der Waals surface area contributed by atoms with Crippen molar-refractivity contribution in [1.29, 1.82) is 0 Å². The maximum atomic E-state index is 12.4. The number of benzene rings is 1. The molecule has 0 unspecified atom stereocenters. The van der Waals surface area contributed by atoms with E-state index in [4.69, 9.17) is 13.8 Å². The molecule has 4 rings (SSSR count). The number of aryl methyl sites for hydroxylation is 3. The Labute approximate surface area is 168 Å². The standard InChI is InChI=1S/C21H24N4O4/c1-13-5-3-4-6-17(13)21-23-20(29-25-21)8-7-19(26)22-18-12-27-11-15(18)10-16-9-14(2)24-28-16/h3-6,9,15,18H,7-8,10-12H2,1-2H3,(H,22,26)/t15-,18+/m1/s1. The molecule has 1 fully saturated rings. The van der Waals surface area contributed by atoms with Crippen LogP contribution in [-0.4, -0.2) is 40.5 Å². The third kappa shape index (κ3) is 4.71. The predicted molar refractivity (Wildman–Crippen MR) is 104 cm³/mol. The van der Waals surface area contributed by atoms with Crippen molar-refractivity contribution in [2.24, 2.45) is 5.92 Å². The number of hydrogen-bond acceptors (Lipinski definition) is 7. The van der Waals surface area contributed by atoms with Crippen LogP contribution in [0.1, 0.15) is 29.3 Å². The van der Waals surface area contributed by atoms with E-state index < -0.39 is 0 Å². The topological polar surface area (TPSA) is 103 Å². The molecule has 0 aliphatic carbocycles. The second-order valence-corrected chi connectivity index (χ2v) is 7.44. The van der Waals surface area contributed by atoms with Crippen LogP contribution in [0.2, 0.25) is 0 Å². The molecule has 1 N–H and O–H groups in total. The zero-order chi connectivity index (χ0) is 20.2. The first-order valence-electron chi connectivity index (χ1n) is 9.76. The van der Waals surface area contributed by atoms with E-state index in [9.17, 15) is 4.79 Å². The Bertz CT molecular complexity index is 980. The van der Waals surface area contributed by atoms with Gasteiger partial charge in [-0.05, 0) is 19.4 Å². The van der Waals surface area contributed by atoms with Gasteiger partial charge in [0.15, 0.2) is 0 Å². The van der Waals surface area contributed by atoms with Crippen molar-refractivity contribution in [3.8, 4) is 11.4 Å². The van der Waals surface area contributed by atoms with Crippen molar-refractivity contribution in [3.05, 3.63) is 53.2 Å². The van der Waals surface area contributed by atoms with Gasteiger partial charge in [-0.2, -0.15) is 4.98 Å². The minimum atomic E-state index is -0.0603. The molecule has 0 saturated carbocycles. The predicted octanol–water partition coefficient (Wildman–Crippen LogP) is 2.65. The molecule has 1 amide bonds. The average Bonchev–Trinajstić information content (AvgIpc) is 3.43. The van der Waals surface area contributed by atoms with Gasteiger partial charge in [0.05, 0.1) is 24.9 Å². The highest BCUT2D eigenvalue weighted by Crippen LogP contribution is 2.21. The lowest BCUT2D eigenvalue weighted by atomic mass is 9.98. The lowest BCUT2D eigenvalue weighted by molar-refractivity contribution is -0.122. The number of rotatable bonds is 7. The third-order valence-corrected chi connectivity index (χ3v) is 5.10. The highest BCUT2D eigenvalue weighted by atomic mass is 16.5. The molecule has 0 spiro atoms. The van der Waals surface area contributed by atoms with Gasteiger partial charge in [0.2, 0.25) is 17.6 Å². The van der Waals surface area contributed by atoms with Crippen LogP contribution in [0.15, 0.2) is 39.4 Å². The summed E-state index contributed by atoms with van der Waals surface area (Å²) in [4.78, 5) is 16.8. The maximum Gasteiger partial charge on any atom is 0.227 e. The van der Waals surface area contributed by atoms with Crippen LogP contribution < -0.4 is 5.32 Å². The number of nitrogens with one attached hydrogen (secondary N) is 1. The van der Waals surface area contributed by atoms with E-state index >= 15 is 0 Å². The van der Waals surface area contributed by atoms with Gasteiger partial charge in [0.1, 0.15) is 5.76 Å². The molecule has 3 aromatic rings. The number of carbonyl (C=O) groups excluding carboxylic acids is 1. The van der Waals surface area contributed by atoms with Gasteiger partial charge < -0.3 is 19.1 Å². The fourth-order valence-corrected chi connectivity index (χ4v) is 3.52. The largest absolute Gasteiger partial charge is 0.379 e. The second kappa shape index (κ2) is 8.57. The summed E-state index contributed by atoms with van der Waals surface area (Å²) in [6, 6.07) is 9.72. The fraction of sp³-hybridized carbons (Fsp3) is 0.429. The van der Waals surface area contributed by atoms with Crippen molar-refractivity contribution in [1.82, 2.24) is 20.6 Å². The summed E-state index contributed by atoms with van der Waals surface area (Å²) in [5, 5.41) is 11.0. The molecule has 8 nitrogen and oxygen atoms in total. The summed E-state index contributed by atoms with van der Waals surface area (Å²) in [5.74, 6) is 1.92. The van der Waals surface area contributed by atoms with E-state index in [1.54, 1.807) is 0 Å². The average molecular weight is 396 g/mol. The van der Waals surface area contributed by atoms with Crippen LogP contribution in [0.3, 0.4) is 0 Å². The van der Waals surface area contributed by atoms with Gasteiger partial charge in [0, 0.05) is 36.8 Å². The normalized spacial score (nSPS) is 18.8. The van der Waals surface area contributed by atoms with Gasteiger partial charge in [-0.3, -0.25) is 4.79 Å². The van der Waals surface area contributed by atoms with Crippen molar-refractivity contribution in [2.45, 2.75) is 39.2 Å². The number of carbonyl (C=O) groups is 1. The molecular weight excluding hydrogens is 372 g/mol. The molecule has 0 bridgehead atoms. The minimum absolute atomic E-state index is 0.0434. The molecule has 0 radical (unpaired) electrons. The van der Waals surface area contributed by atoms with Crippen molar-refractivity contribution >= 4 is 5.91 Å². The maximum absolute atomic E-state index is 12.4. The van der Waals surface area contributed by atoms with E-state index in [1.165, 1.54) is 0 Å². The Hall–Kier alpha value is -3.00. The van der Waals surface area contributed by atoms with Crippen LogP contribution in [0.4, 0.5) is 0 Å². The summed E-state index contributed by atoms with van der Waals surface area (Å²) in [7, 11) is 0. The molecular formula is C21H24N4O4. The Kier molecular flexibility index (Phi) is 5.71. The molecule has 8 heteroatoms. The number of hydrogen-bond donors (Lipinski definition) is 1. The quantitative estimate of drug-likeness (QED) is 0.655. The summed E-state index contributed by atoms with van der Waals surface area (Å²) in [5.41, 5.74) is 2.86. The van der Waals surface area contributed by atoms with E-state index in [-0.39, 0.29) is 24.3 Å². The van der Waals surface area contributed by atoms with Crippen LogP contribution in [0.5, 0.6) is 0 Å². The van der Waals surface area contributed by atoms with E-state index in [0.717, 1.165) is 22.6 Å². The van der Waals surface area contributed by atoms with Gasteiger partial charge in [0.25, 0.3) is 0 Å². The Morgan fingerprint density at radius 2 is 2.03 bits per heavy atom. The first-order chi connectivity index (χ1) is 14.1. The fourth-order valence-electron chi connectivity index (χ4n) is 3.52. The SMILES string of the molecule is Cc1cc(C[C@@H]2COC[C@@H]2NC(=O)CCc2nc(-c3ccccc3C)no2)on1. The molecule has 2 aromatic heterocycles. The van der Waals surface area contributed by atoms with Gasteiger partial charge in [-0.1, -0.05) is 34.6 Å². The van der Waals surface area contributed by atoms with Crippen molar-refractivity contribution < 1.29 is 18.6 Å². The van der Waals surface area contributed by atoms with Crippen LogP contribution in [-0.2, 0) is 22.4 Å². The summed E-state index contributed by atoms with van der Waals surface area (Å²) >= 11 is 0. The number of aromatic nitrogens is 3. The third-order valence-electron chi connectivity index (χ3n) is 5.10. The van der Waals surface area contributed by atoms with Crippen LogP contribution in [0.25, 0.3) is 11.4 Å². The molecule has 1 aromatic carbocycles. The molecule has 1 aliphatic heterocycles. The Balaban J connectivity index is 1.29. The van der Waals surface area contributed by atoms with Crippen molar-refractivity contribution in [2.75, 3.05) is 13.2 Å². The molecule has 1 aliphatic rings. The summed E-state index contributed by atoms with van der Waals surface area (Å²) in [6.07, 6.45) is 1.36. The van der Waals surface area contributed by atoms with Gasteiger partial charge >= 0.3 is 0 Å². The van der Waals surface area contributed by atoms with Crippen molar-refractivity contribution in [3.63, 3.8) is 0 Å². The smallest absolute Gasteiger partial charge is 0.227 e. The number of ether oxygens (including phenoxy) is 1. The lowest BCUT2D eigenvalue weighted by Crippen LogP contribution is -2.40. The van der Waals surface area contributed by atoms with Crippen LogP contribution in [0, 0.1) is 19.8 Å². The first kappa shape index (κ1) is 19.3. The minimum Gasteiger partial charge on any atom is -0.379 e. The van der Waals surface area contributed by atoms with Gasteiger partial charge in [-0.25, -0.2) is 0 Å². The monoisotopic (exact) mass is 396 g/mol. The molecule has 29 heavy (non-hydrogen) atoms. The number of amides is 1. The van der Waals surface area contributed by atoms with E-state index in [2.05, 4.69) is 20.6 Å². The molecule has 152 valence electrons. The first-order valence-corrected chi connectivity index (χ1v) is 9.76. The zero-order valence-electron chi connectivity index (χ0n) is 16.6. The van der Waals surface area contributed by atoms with Gasteiger partial charge in [-0.15, -0.1) is 0 Å². The highest BCUT2D eigenvalue weighted by molar-refractivity contribution is 5.76. The summed E-state index contributed by atoms with van der Waals surface area (Å²) < 4.78 is 16.2. The highest BCUT2D eigenvalue weighted by Gasteiger charge is 2.30. The molecule has 2 atom stereocenters. The Morgan fingerprint density at radius 3 is 2.83 bits per heavy atom. The second-order valence-electron chi connectivity index (χ2n) is 7.44.